The SMILES string of the molecule is O=C(N[C@@H](C(=O)N1CCOCC1)c1ccccc1)c1ccccc1. The van der Waals surface area contributed by atoms with Crippen LogP contribution in [-0.4, -0.2) is 43.0 Å². The lowest BCUT2D eigenvalue weighted by Crippen LogP contribution is -2.47. The van der Waals surface area contributed by atoms with Gasteiger partial charge in [-0.3, -0.25) is 9.59 Å². The normalized spacial score (nSPS) is 15.6. The molecule has 5 heteroatoms. The van der Waals surface area contributed by atoms with Crippen molar-refractivity contribution in [2.75, 3.05) is 26.3 Å². The predicted molar refractivity (Wildman–Crippen MR) is 90.5 cm³/mol. The lowest BCUT2D eigenvalue weighted by atomic mass is 10.0. The molecule has 0 bridgehead atoms. The second-order valence-electron chi connectivity index (χ2n) is 5.62. The third kappa shape index (κ3) is 3.81. The van der Waals surface area contributed by atoms with Gasteiger partial charge in [-0.15, -0.1) is 0 Å². The number of carbonyl (C=O) groups is 2. The molecular weight excluding hydrogens is 304 g/mol. The van der Waals surface area contributed by atoms with Crippen LogP contribution in [0.4, 0.5) is 0 Å². The van der Waals surface area contributed by atoms with Crippen molar-refractivity contribution in [2.24, 2.45) is 0 Å². The zero-order chi connectivity index (χ0) is 16.8. The summed E-state index contributed by atoms with van der Waals surface area (Å²) in [5, 5.41) is 2.88. The third-order valence-electron chi connectivity index (χ3n) is 4.01. The minimum Gasteiger partial charge on any atom is -0.378 e. The van der Waals surface area contributed by atoms with Gasteiger partial charge < -0.3 is 15.0 Å². The fraction of sp³-hybridized carbons (Fsp3) is 0.263. The summed E-state index contributed by atoms with van der Waals surface area (Å²) in [5.74, 6) is -0.361. The summed E-state index contributed by atoms with van der Waals surface area (Å²) < 4.78 is 5.30. The number of ether oxygens (including phenoxy) is 1. The molecule has 0 aliphatic carbocycles. The van der Waals surface area contributed by atoms with Gasteiger partial charge in [-0.2, -0.15) is 0 Å². The highest BCUT2D eigenvalue weighted by molar-refractivity contribution is 5.97. The number of amides is 2. The number of nitrogens with one attached hydrogen (secondary N) is 1. The van der Waals surface area contributed by atoms with Gasteiger partial charge in [0.05, 0.1) is 13.2 Å². The summed E-state index contributed by atoms with van der Waals surface area (Å²) in [5.41, 5.74) is 1.31. The molecule has 5 nitrogen and oxygen atoms in total. The number of hydrogen-bond acceptors (Lipinski definition) is 3. The molecule has 1 heterocycles. The van der Waals surface area contributed by atoms with E-state index in [1.807, 2.05) is 36.4 Å². The first-order valence-corrected chi connectivity index (χ1v) is 8.03. The van der Waals surface area contributed by atoms with Crippen LogP contribution >= 0.6 is 0 Å². The Morgan fingerprint density at radius 1 is 0.917 bits per heavy atom. The Kier molecular flexibility index (Phi) is 5.23. The van der Waals surface area contributed by atoms with E-state index in [2.05, 4.69) is 5.32 Å². The molecule has 0 unspecified atom stereocenters. The molecule has 1 aliphatic heterocycles. The lowest BCUT2D eigenvalue weighted by Gasteiger charge is -2.31. The van der Waals surface area contributed by atoms with Gasteiger partial charge in [0.15, 0.2) is 0 Å². The van der Waals surface area contributed by atoms with Crippen LogP contribution in [-0.2, 0) is 9.53 Å². The molecule has 2 aromatic rings. The number of rotatable bonds is 4. The Labute approximate surface area is 141 Å². The van der Waals surface area contributed by atoms with Crippen molar-refractivity contribution in [3.8, 4) is 0 Å². The zero-order valence-electron chi connectivity index (χ0n) is 13.4. The van der Waals surface area contributed by atoms with Crippen molar-refractivity contribution in [3.63, 3.8) is 0 Å². The Balaban J connectivity index is 1.82. The third-order valence-corrected chi connectivity index (χ3v) is 4.01. The van der Waals surface area contributed by atoms with Crippen LogP contribution in [0, 0.1) is 0 Å². The van der Waals surface area contributed by atoms with E-state index < -0.39 is 6.04 Å². The topological polar surface area (TPSA) is 58.6 Å². The number of benzene rings is 2. The minimum absolute atomic E-state index is 0.103. The molecule has 1 saturated heterocycles. The number of carbonyl (C=O) groups excluding carboxylic acids is 2. The van der Waals surface area contributed by atoms with Gasteiger partial charge in [-0.1, -0.05) is 48.5 Å². The number of hydrogen-bond donors (Lipinski definition) is 1. The summed E-state index contributed by atoms with van der Waals surface area (Å²) in [7, 11) is 0. The fourth-order valence-corrected chi connectivity index (χ4v) is 2.70. The highest BCUT2D eigenvalue weighted by atomic mass is 16.5. The van der Waals surface area contributed by atoms with E-state index in [0.29, 0.717) is 31.9 Å². The van der Waals surface area contributed by atoms with Gasteiger partial charge in [0.25, 0.3) is 5.91 Å². The van der Waals surface area contributed by atoms with E-state index in [0.717, 1.165) is 5.56 Å². The van der Waals surface area contributed by atoms with Gasteiger partial charge in [0.1, 0.15) is 6.04 Å². The molecule has 1 fully saturated rings. The molecule has 3 rings (SSSR count). The second-order valence-corrected chi connectivity index (χ2v) is 5.62. The largest absolute Gasteiger partial charge is 0.378 e. The molecule has 2 aromatic carbocycles. The molecule has 1 aliphatic rings. The van der Waals surface area contributed by atoms with Crippen molar-refractivity contribution >= 4 is 11.8 Å². The van der Waals surface area contributed by atoms with Crippen LogP contribution in [0.5, 0.6) is 0 Å². The van der Waals surface area contributed by atoms with Crippen LogP contribution in [0.2, 0.25) is 0 Å². The smallest absolute Gasteiger partial charge is 0.252 e. The van der Waals surface area contributed by atoms with Crippen LogP contribution in [0.15, 0.2) is 60.7 Å². The van der Waals surface area contributed by atoms with Crippen molar-refractivity contribution in [1.29, 1.82) is 0 Å². The average molecular weight is 324 g/mol. The molecule has 2 amide bonds. The van der Waals surface area contributed by atoms with Gasteiger partial charge in [0.2, 0.25) is 5.91 Å². The predicted octanol–water partition coefficient (Wildman–Crippen LogP) is 2.02. The van der Waals surface area contributed by atoms with Crippen LogP contribution < -0.4 is 5.32 Å². The maximum absolute atomic E-state index is 12.9. The maximum atomic E-state index is 12.9. The van der Waals surface area contributed by atoms with Crippen molar-refractivity contribution < 1.29 is 14.3 Å². The van der Waals surface area contributed by atoms with E-state index in [9.17, 15) is 9.59 Å². The summed E-state index contributed by atoms with van der Waals surface area (Å²) in [6.07, 6.45) is 0. The molecule has 0 saturated carbocycles. The van der Waals surface area contributed by atoms with E-state index in [4.69, 9.17) is 4.74 Å². The molecule has 0 radical (unpaired) electrons. The van der Waals surface area contributed by atoms with Crippen molar-refractivity contribution in [2.45, 2.75) is 6.04 Å². The Morgan fingerprint density at radius 3 is 2.12 bits per heavy atom. The van der Waals surface area contributed by atoms with Crippen LogP contribution in [0.25, 0.3) is 0 Å². The lowest BCUT2D eigenvalue weighted by molar-refractivity contribution is -0.137. The van der Waals surface area contributed by atoms with Crippen LogP contribution in [0.3, 0.4) is 0 Å². The molecule has 1 atom stereocenters. The van der Waals surface area contributed by atoms with E-state index in [1.165, 1.54) is 0 Å². The molecule has 24 heavy (non-hydrogen) atoms. The van der Waals surface area contributed by atoms with E-state index >= 15 is 0 Å². The number of nitrogens with zero attached hydrogens (tertiary/aromatic N) is 1. The monoisotopic (exact) mass is 324 g/mol. The summed E-state index contributed by atoms with van der Waals surface area (Å²) in [6, 6.07) is 17.6. The summed E-state index contributed by atoms with van der Waals surface area (Å²) in [6.45, 7) is 2.15. The molecule has 0 spiro atoms. The molecule has 0 aromatic heterocycles. The fourth-order valence-electron chi connectivity index (χ4n) is 2.70. The van der Waals surface area contributed by atoms with Gasteiger partial charge in [-0.05, 0) is 17.7 Å². The van der Waals surface area contributed by atoms with E-state index in [-0.39, 0.29) is 11.8 Å². The van der Waals surface area contributed by atoms with E-state index in [1.54, 1.807) is 29.2 Å². The molecule has 1 N–H and O–H groups in total. The minimum atomic E-state index is -0.697. The first-order chi connectivity index (χ1) is 11.8. The molecular formula is C19H20N2O3. The quantitative estimate of drug-likeness (QED) is 0.936. The second kappa shape index (κ2) is 7.75. The zero-order valence-corrected chi connectivity index (χ0v) is 13.4. The van der Waals surface area contributed by atoms with Crippen LogP contribution in [0.1, 0.15) is 22.0 Å². The average Bonchev–Trinajstić information content (AvgIpc) is 2.67. The standard InChI is InChI=1S/C19H20N2O3/c22-18(16-9-5-2-6-10-16)20-17(15-7-3-1-4-8-15)19(23)21-11-13-24-14-12-21/h1-10,17H,11-14H2,(H,20,22)/t17-/m1/s1. The summed E-state index contributed by atoms with van der Waals surface area (Å²) in [4.78, 5) is 27.2. The Hall–Kier alpha value is -2.66. The molecule has 124 valence electrons. The van der Waals surface area contributed by atoms with Gasteiger partial charge in [-0.25, -0.2) is 0 Å². The van der Waals surface area contributed by atoms with Gasteiger partial charge in [0, 0.05) is 18.7 Å². The number of morpholine rings is 1. The Morgan fingerprint density at radius 2 is 1.50 bits per heavy atom. The summed E-state index contributed by atoms with van der Waals surface area (Å²) >= 11 is 0. The first-order valence-electron chi connectivity index (χ1n) is 8.03. The van der Waals surface area contributed by atoms with Crippen molar-refractivity contribution in [1.82, 2.24) is 10.2 Å². The first kappa shape index (κ1) is 16.2. The highest BCUT2D eigenvalue weighted by Gasteiger charge is 2.28. The van der Waals surface area contributed by atoms with Crippen molar-refractivity contribution in [3.05, 3.63) is 71.8 Å². The highest BCUT2D eigenvalue weighted by Crippen LogP contribution is 2.17. The Bertz CT molecular complexity index is 682. The van der Waals surface area contributed by atoms with Gasteiger partial charge >= 0.3 is 0 Å². The maximum Gasteiger partial charge on any atom is 0.252 e.